The molecule has 0 spiro atoms. The summed E-state index contributed by atoms with van der Waals surface area (Å²) in [6, 6.07) is -1.50. The molecule has 0 aromatic heterocycles. The van der Waals surface area contributed by atoms with Crippen molar-refractivity contribution in [2.45, 2.75) is 18.3 Å². The second-order valence-electron chi connectivity index (χ2n) is 3.26. The molecule has 13 heavy (non-hydrogen) atoms. The zero-order valence-electron chi connectivity index (χ0n) is 7.30. The molecule has 78 valence electrons. The molecule has 1 aliphatic heterocycles. The van der Waals surface area contributed by atoms with Crippen LogP contribution < -0.4 is 5.32 Å². The van der Waals surface area contributed by atoms with Gasteiger partial charge in [-0.2, -0.15) is 13.2 Å². The Labute approximate surface area is 74.5 Å². The molecule has 1 saturated heterocycles. The zero-order chi connectivity index (χ0) is 10.1. The van der Waals surface area contributed by atoms with Crippen LogP contribution in [0.5, 0.6) is 0 Å². The van der Waals surface area contributed by atoms with Crippen LogP contribution in [0.15, 0.2) is 0 Å². The lowest BCUT2D eigenvalue weighted by atomic mass is 10.1. The number of likely N-dealkylation sites (N-methyl/N-ethyl adjacent to an activating group) is 1. The number of rotatable bonds is 3. The van der Waals surface area contributed by atoms with Gasteiger partial charge in [0.25, 0.3) is 0 Å². The van der Waals surface area contributed by atoms with Crippen molar-refractivity contribution in [3.63, 3.8) is 0 Å². The normalized spacial score (nSPS) is 22.8. The fourth-order valence-electron chi connectivity index (χ4n) is 1.31. The zero-order valence-corrected chi connectivity index (χ0v) is 7.30. The van der Waals surface area contributed by atoms with Crippen LogP contribution in [-0.2, 0) is 0 Å². The number of β-amino-alcohol motifs (C(OH)–C–C–N with tert-alkyl or cyclic N) is 1. The summed E-state index contributed by atoms with van der Waals surface area (Å²) in [7, 11) is 1.29. The van der Waals surface area contributed by atoms with E-state index in [4.69, 9.17) is 5.11 Å². The molecule has 0 aromatic carbocycles. The Kier molecular flexibility index (Phi) is 3.15. The molecule has 6 heteroatoms. The van der Waals surface area contributed by atoms with Crippen LogP contribution in [0.1, 0.15) is 0 Å². The van der Waals surface area contributed by atoms with E-state index >= 15 is 0 Å². The second kappa shape index (κ2) is 3.81. The van der Waals surface area contributed by atoms with Gasteiger partial charge in [-0.1, -0.05) is 0 Å². The fourth-order valence-corrected chi connectivity index (χ4v) is 1.31. The van der Waals surface area contributed by atoms with Gasteiger partial charge in [0.2, 0.25) is 0 Å². The van der Waals surface area contributed by atoms with E-state index in [0.29, 0.717) is 13.1 Å². The molecular formula is C7H13F3N2O. The first kappa shape index (κ1) is 10.7. The van der Waals surface area contributed by atoms with E-state index in [1.54, 1.807) is 4.90 Å². The molecule has 0 amide bonds. The van der Waals surface area contributed by atoms with E-state index in [2.05, 4.69) is 5.32 Å². The topological polar surface area (TPSA) is 35.5 Å². The molecule has 0 saturated carbocycles. The van der Waals surface area contributed by atoms with Crippen LogP contribution in [0.4, 0.5) is 13.2 Å². The van der Waals surface area contributed by atoms with E-state index in [-0.39, 0.29) is 6.54 Å². The van der Waals surface area contributed by atoms with Crippen LogP contribution >= 0.6 is 0 Å². The lowest BCUT2D eigenvalue weighted by Crippen LogP contribution is -2.57. The van der Waals surface area contributed by atoms with Gasteiger partial charge in [-0.05, 0) is 7.05 Å². The van der Waals surface area contributed by atoms with Crippen molar-refractivity contribution in [3.8, 4) is 0 Å². The number of hydrogen-bond acceptors (Lipinski definition) is 3. The number of alkyl halides is 3. The van der Waals surface area contributed by atoms with Gasteiger partial charge < -0.3 is 10.4 Å². The van der Waals surface area contributed by atoms with Crippen molar-refractivity contribution in [2.75, 3.05) is 26.7 Å². The standard InChI is InChI=1S/C7H13F3N2O/c1-11-6(7(8,9)10)4-12-2-5(13)3-12/h5-6,11,13H,2-4H2,1H3/t6-/m1/s1. The SMILES string of the molecule is CN[C@H](CN1CC(O)C1)C(F)(F)F. The van der Waals surface area contributed by atoms with Gasteiger partial charge in [-0.15, -0.1) is 0 Å². The minimum atomic E-state index is -4.21. The summed E-state index contributed by atoms with van der Waals surface area (Å²) >= 11 is 0. The number of hydrogen-bond donors (Lipinski definition) is 2. The molecule has 3 nitrogen and oxygen atoms in total. The Morgan fingerprint density at radius 3 is 2.38 bits per heavy atom. The molecule has 0 radical (unpaired) electrons. The highest BCUT2D eigenvalue weighted by molar-refractivity contribution is 4.85. The van der Waals surface area contributed by atoms with Crippen molar-refractivity contribution >= 4 is 0 Å². The number of aliphatic hydroxyl groups is 1. The quantitative estimate of drug-likeness (QED) is 0.660. The molecule has 0 aromatic rings. The van der Waals surface area contributed by atoms with Crippen LogP contribution in [0, 0.1) is 0 Å². The number of nitrogens with zero attached hydrogens (tertiary/aromatic N) is 1. The van der Waals surface area contributed by atoms with E-state index in [1.807, 2.05) is 0 Å². The Bertz CT molecular complexity index is 168. The molecule has 1 atom stereocenters. The molecular weight excluding hydrogens is 185 g/mol. The lowest BCUT2D eigenvalue weighted by Gasteiger charge is -2.38. The van der Waals surface area contributed by atoms with Crippen molar-refractivity contribution < 1.29 is 18.3 Å². The van der Waals surface area contributed by atoms with Gasteiger partial charge >= 0.3 is 6.18 Å². The van der Waals surface area contributed by atoms with Crippen LogP contribution in [0.25, 0.3) is 0 Å². The van der Waals surface area contributed by atoms with E-state index in [0.717, 1.165) is 0 Å². The first-order valence-corrected chi connectivity index (χ1v) is 4.08. The monoisotopic (exact) mass is 198 g/mol. The predicted molar refractivity (Wildman–Crippen MR) is 41.3 cm³/mol. The largest absolute Gasteiger partial charge is 0.405 e. The Balaban J connectivity index is 2.33. The number of nitrogens with one attached hydrogen (secondary N) is 1. The molecule has 1 rings (SSSR count). The molecule has 1 heterocycles. The summed E-state index contributed by atoms with van der Waals surface area (Å²) < 4.78 is 36.6. The van der Waals surface area contributed by atoms with E-state index < -0.39 is 18.3 Å². The third kappa shape index (κ3) is 2.82. The Morgan fingerprint density at radius 2 is 2.08 bits per heavy atom. The van der Waals surface area contributed by atoms with Crippen molar-refractivity contribution in [2.24, 2.45) is 0 Å². The maximum absolute atomic E-state index is 12.2. The summed E-state index contributed by atoms with van der Waals surface area (Å²) in [5.41, 5.74) is 0. The molecule has 0 unspecified atom stereocenters. The fraction of sp³-hybridized carbons (Fsp3) is 1.00. The predicted octanol–water partition coefficient (Wildman–Crippen LogP) is -0.187. The van der Waals surface area contributed by atoms with E-state index in [9.17, 15) is 13.2 Å². The molecule has 1 aliphatic rings. The summed E-state index contributed by atoms with van der Waals surface area (Å²) in [5.74, 6) is 0. The third-order valence-electron chi connectivity index (χ3n) is 2.12. The molecule has 1 fully saturated rings. The molecule has 0 bridgehead atoms. The highest BCUT2D eigenvalue weighted by atomic mass is 19.4. The first-order valence-electron chi connectivity index (χ1n) is 4.08. The van der Waals surface area contributed by atoms with Gasteiger partial charge in [0.1, 0.15) is 6.04 Å². The number of likely N-dealkylation sites (tertiary alicyclic amines) is 1. The van der Waals surface area contributed by atoms with Gasteiger partial charge in [0.15, 0.2) is 0 Å². The van der Waals surface area contributed by atoms with Crippen molar-refractivity contribution in [1.29, 1.82) is 0 Å². The number of halogens is 3. The Hall–Kier alpha value is -0.330. The minimum absolute atomic E-state index is 0.0862. The van der Waals surface area contributed by atoms with Crippen LogP contribution in [-0.4, -0.2) is 55.0 Å². The highest BCUT2D eigenvalue weighted by Gasteiger charge is 2.41. The van der Waals surface area contributed by atoms with E-state index in [1.165, 1.54) is 7.05 Å². The van der Waals surface area contributed by atoms with Gasteiger partial charge in [-0.25, -0.2) is 0 Å². The highest BCUT2D eigenvalue weighted by Crippen LogP contribution is 2.22. The van der Waals surface area contributed by atoms with Crippen LogP contribution in [0.3, 0.4) is 0 Å². The van der Waals surface area contributed by atoms with Gasteiger partial charge in [-0.3, -0.25) is 4.90 Å². The summed E-state index contributed by atoms with van der Waals surface area (Å²) in [5, 5.41) is 11.1. The van der Waals surface area contributed by atoms with Crippen molar-refractivity contribution in [3.05, 3.63) is 0 Å². The van der Waals surface area contributed by atoms with Crippen molar-refractivity contribution in [1.82, 2.24) is 10.2 Å². The smallest absolute Gasteiger partial charge is 0.390 e. The number of aliphatic hydroxyl groups excluding tert-OH is 1. The molecule has 0 aliphatic carbocycles. The van der Waals surface area contributed by atoms with Gasteiger partial charge in [0, 0.05) is 19.6 Å². The van der Waals surface area contributed by atoms with Gasteiger partial charge in [0.05, 0.1) is 6.10 Å². The first-order chi connectivity index (χ1) is 5.93. The second-order valence-corrected chi connectivity index (χ2v) is 3.26. The maximum atomic E-state index is 12.2. The summed E-state index contributed by atoms with van der Waals surface area (Å²) in [6.45, 7) is 0.597. The molecule has 2 N–H and O–H groups in total. The lowest BCUT2D eigenvalue weighted by molar-refractivity contribution is -0.164. The summed E-state index contributed by atoms with van der Waals surface area (Å²) in [4.78, 5) is 1.57. The van der Waals surface area contributed by atoms with Crippen LogP contribution in [0.2, 0.25) is 0 Å². The third-order valence-corrected chi connectivity index (χ3v) is 2.12. The average molecular weight is 198 g/mol. The average Bonchev–Trinajstić information content (AvgIpc) is 1.93. The summed E-state index contributed by atoms with van der Waals surface area (Å²) in [6.07, 6.45) is -4.67. The Morgan fingerprint density at radius 1 is 1.54 bits per heavy atom. The minimum Gasteiger partial charge on any atom is -0.390 e. The maximum Gasteiger partial charge on any atom is 0.405 e.